The quantitative estimate of drug-likeness (QED) is 0.332. The van der Waals surface area contributed by atoms with Crippen molar-refractivity contribution >= 4 is 0 Å². The van der Waals surface area contributed by atoms with Gasteiger partial charge in [0, 0.05) is 6.92 Å². The smallest absolute Gasteiger partial charge is 0.259 e. The van der Waals surface area contributed by atoms with E-state index in [0.29, 0.717) is 0 Å². The first-order valence-corrected chi connectivity index (χ1v) is 9.83. The van der Waals surface area contributed by atoms with Gasteiger partial charge < -0.3 is 9.47 Å². The maximum atomic E-state index is 6.55. The van der Waals surface area contributed by atoms with Crippen molar-refractivity contribution in [1.29, 1.82) is 0 Å². The SMILES string of the molecule is CC(Oc1ccccc1)(Oc1ccccc1)C(c1ccccc1)c1ccccc1. The highest BCUT2D eigenvalue weighted by Gasteiger charge is 2.41. The molecule has 0 N–H and O–H groups in total. The lowest BCUT2D eigenvalue weighted by Gasteiger charge is -2.38. The predicted octanol–water partition coefficient (Wildman–Crippen LogP) is 6.69. The maximum Gasteiger partial charge on any atom is 0.259 e. The minimum Gasteiger partial charge on any atom is -0.452 e. The predicted molar refractivity (Wildman–Crippen MR) is 117 cm³/mol. The van der Waals surface area contributed by atoms with Gasteiger partial charge in [0.1, 0.15) is 11.5 Å². The minimum absolute atomic E-state index is 0.134. The summed E-state index contributed by atoms with van der Waals surface area (Å²) in [5, 5.41) is 0. The van der Waals surface area contributed by atoms with Crippen LogP contribution in [-0.2, 0) is 0 Å². The second-order valence-corrected chi connectivity index (χ2v) is 7.10. The molecule has 2 nitrogen and oxygen atoms in total. The van der Waals surface area contributed by atoms with Crippen molar-refractivity contribution in [3.05, 3.63) is 132 Å². The van der Waals surface area contributed by atoms with Crippen LogP contribution in [0.25, 0.3) is 0 Å². The second kappa shape index (κ2) is 8.66. The van der Waals surface area contributed by atoms with Gasteiger partial charge in [-0.1, -0.05) is 97.1 Å². The molecule has 0 fully saturated rings. The van der Waals surface area contributed by atoms with Crippen LogP contribution in [0, 0.1) is 0 Å². The lowest BCUT2D eigenvalue weighted by atomic mass is 9.84. The van der Waals surface area contributed by atoms with E-state index in [9.17, 15) is 0 Å². The molecular weight excluding hydrogens is 356 g/mol. The van der Waals surface area contributed by atoms with Gasteiger partial charge in [-0.3, -0.25) is 0 Å². The Morgan fingerprint density at radius 2 is 0.793 bits per heavy atom. The minimum atomic E-state index is -0.967. The molecule has 0 saturated heterocycles. The molecule has 29 heavy (non-hydrogen) atoms. The Hall–Kier alpha value is -3.52. The van der Waals surface area contributed by atoms with Gasteiger partial charge in [0.05, 0.1) is 5.92 Å². The molecule has 2 heteroatoms. The molecule has 0 aromatic heterocycles. The van der Waals surface area contributed by atoms with Crippen molar-refractivity contribution in [3.63, 3.8) is 0 Å². The Labute approximate surface area is 172 Å². The molecule has 0 aliphatic heterocycles. The summed E-state index contributed by atoms with van der Waals surface area (Å²) in [5.74, 6) is 0.432. The Kier molecular flexibility index (Phi) is 5.62. The van der Waals surface area contributed by atoms with Gasteiger partial charge in [-0.15, -0.1) is 0 Å². The third-order valence-corrected chi connectivity index (χ3v) is 4.92. The molecular formula is C27H24O2. The fraction of sp³-hybridized carbons (Fsp3) is 0.111. The molecule has 0 unspecified atom stereocenters. The normalized spacial score (nSPS) is 11.2. The second-order valence-electron chi connectivity index (χ2n) is 7.10. The molecule has 0 spiro atoms. The summed E-state index contributed by atoms with van der Waals surface area (Å²) in [6.07, 6.45) is 0. The summed E-state index contributed by atoms with van der Waals surface area (Å²) in [7, 11) is 0. The van der Waals surface area contributed by atoms with E-state index < -0.39 is 5.79 Å². The third kappa shape index (κ3) is 4.49. The average molecular weight is 380 g/mol. The van der Waals surface area contributed by atoms with Gasteiger partial charge in [0.15, 0.2) is 0 Å². The Morgan fingerprint density at radius 3 is 1.14 bits per heavy atom. The summed E-state index contributed by atoms with van der Waals surface area (Å²) in [5.41, 5.74) is 2.26. The Balaban J connectivity index is 1.83. The van der Waals surface area contributed by atoms with Crippen molar-refractivity contribution in [2.45, 2.75) is 18.6 Å². The van der Waals surface area contributed by atoms with Crippen LogP contribution in [0.5, 0.6) is 11.5 Å². The van der Waals surface area contributed by atoms with Crippen LogP contribution in [0.2, 0.25) is 0 Å². The van der Waals surface area contributed by atoms with Crippen molar-refractivity contribution < 1.29 is 9.47 Å². The lowest BCUT2D eigenvalue weighted by molar-refractivity contribution is -0.110. The summed E-state index contributed by atoms with van der Waals surface area (Å²) >= 11 is 0. The molecule has 0 heterocycles. The fourth-order valence-corrected chi connectivity index (χ4v) is 3.67. The monoisotopic (exact) mass is 380 g/mol. The molecule has 4 aromatic carbocycles. The summed E-state index contributed by atoms with van der Waals surface area (Å²) in [6.45, 7) is 2.01. The number of hydrogen-bond acceptors (Lipinski definition) is 2. The third-order valence-electron chi connectivity index (χ3n) is 4.92. The van der Waals surface area contributed by atoms with E-state index in [2.05, 4.69) is 48.5 Å². The van der Waals surface area contributed by atoms with E-state index in [1.165, 1.54) is 0 Å². The molecule has 0 radical (unpaired) electrons. The van der Waals surface area contributed by atoms with E-state index in [1.807, 2.05) is 79.7 Å². The Bertz CT molecular complexity index is 918. The lowest BCUT2D eigenvalue weighted by Crippen LogP contribution is -2.45. The number of rotatable bonds is 7. The molecule has 0 aliphatic carbocycles. The van der Waals surface area contributed by atoms with Crippen LogP contribution < -0.4 is 9.47 Å². The largest absolute Gasteiger partial charge is 0.452 e. The Morgan fingerprint density at radius 1 is 0.483 bits per heavy atom. The van der Waals surface area contributed by atoms with Crippen molar-refractivity contribution in [2.24, 2.45) is 0 Å². The number of ether oxygens (including phenoxy) is 2. The number of hydrogen-bond donors (Lipinski definition) is 0. The van der Waals surface area contributed by atoms with E-state index in [4.69, 9.17) is 9.47 Å². The van der Waals surface area contributed by atoms with E-state index in [0.717, 1.165) is 22.6 Å². The average Bonchev–Trinajstić information content (AvgIpc) is 2.77. The molecule has 144 valence electrons. The van der Waals surface area contributed by atoms with Crippen molar-refractivity contribution in [2.75, 3.05) is 0 Å². The molecule has 0 amide bonds. The maximum absolute atomic E-state index is 6.55. The first-order valence-electron chi connectivity index (χ1n) is 9.83. The van der Waals surface area contributed by atoms with Crippen LogP contribution in [0.3, 0.4) is 0 Å². The first-order chi connectivity index (χ1) is 14.2. The highest BCUT2D eigenvalue weighted by atomic mass is 16.7. The number of para-hydroxylation sites is 2. The first kappa shape index (κ1) is 18.8. The van der Waals surface area contributed by atoms with E-state index >= 15 is 0 Å². The topological polar surface area (TPSA) is 18.5 Å². The fourth-order valence-electron chi connectivity index (χ4n) is 3.67. The van der Waals surface area contributed by atoms with Gasteiger partial charge in [0.2, 0.25) is 0 Å². The molecule has 4 aromatic rings. The van der Waals surface area contributed by atoms with Gasteiger partial charge in [-0.2, -0.15) is 0 Å². The van der Waals surface area contributed by atoms with Crippen LogP contribution in [0.1, 0.15) is 24.0 Å². The highest BCUT2D eigenvalue weighted by Crippen LogP contribution is 2.39. The molecule has 0 aliphatic rings. The van der Waals surface area contributed by atoms with Gasteiger partial charge in [-0.25, -0.2) is 0 Å². The molecule has 0 atom stereocenters. The zero-order chi connectivity index (χ0) is 19.9. The standard InChI is InChI=1S/C27H24O2/c1-27(28-24-18-10-4-11-19-24,29-25-20-12-5-13-21-25)26(22-14-6-2-7-15-22)23-16-8-3-9-17-23/h2-21,26H,1H3. The van der Waals surface area contributed by atoms with E-state index in [-0.39, 0.29) is 5.92 Å². The van der Waals surface area contributed by atoms with Crippen molar-refractivity contribution in [1.82, 2.24) is 0 Å². The van der Waals surface area contributed by atoms with Gasteiger partial charge >= 0.3 is 0 Å². The van der Waals surface area contributed by atoms with Crippen LogP contribution in [0.4, 0.5) is 0 Å². The zero-order valence-corrected chi connectivity index (χ0v) is 16.4. The van der Waals surface area contributed by atoms with Gasteiger partial charge in [0.25, 0.3) is 5.79 Å². The molecule has 0 saturated carbocycles. The van der Waals surface area contributed by atoms with Gasteiger partial charge in [-0.05, 0) is 35.4 Å². The van der Waals surface area contributed by atoms with Crippen LogP contribution >= 0.6 is 0 Å². The summed E-state index contributed by atoms with van der Waals surface area (Å²) in [4.78, 5) is 0. The van der Waals surface area contributed by atoms with Crippen molar-refractivity contribution in [3.8, 4) is 11.5 Å². The highest BCUT2D eigenvalue weighted by molar-refractivity contribution is 5.37. The van der Waals surface area contributed by atoms with E-state index in [1.54, 1.807) is 0 Å². The zero-order valence-electron chi connectivity index (χ0n) is 16.4. The number of benzene rings is 4. The van der Waals surface area contributed by atoms with Crippen LogP contribution in [0.15, 0.2) is 121 Å². The summed E-state index contributed by atoms with van der Waals surface area (Å²) < 4.78 is 13.1. The summed E-state index contributed by atoms with van der Waals surface area (Å²) in [6, 6.07) is 40.4. The molecule has 0 bridgehead atoms. The molecule has 4 rings (SSSR count). The van der Waals surface area contributed by atoms with Crippen LogP contribution in [-0.4, -0.2) is 5.79 Å².